The van der Waals surface area contributed by atoms with E-state index < -0.39 is 5.95 Å². The van der Waals surface area contributed by atoms with Crippen LogP contribution in [0.1, 0.15) is 18.2 Å². The van der Waals surface area contributed by atoms with E-state index in [0.29, 0.717) is 11.2 Å². The Hall–Kier alpha value is -1.89. The number of aromatic nitrogens is 3. The van der Waals surface area contributed by atoms with E-state index in [1.54, 1.807) is 14.0 Å². The van der Waals surface area contributed by atoms with E-state index >= 15 is 0 Å². The molecule has 15 heavy (non-hydrogen) atoms. The maximum Gasteiger partial charge on any atom is 0.239 e. The highest BCUT2D eigenvalue weighted by molar-refractivity contribution is 5.87. The van der Waals surface area contributed by atoms with Crippen LogP contribution in [-0.2, 0) is 7.05 Å². The molecule has 0 saturated carbocycles. The molecule has 0 aliphatic rings. The van der Waals surface area contributed by atoms with Crippen LogP contribution in [0.15, 0.2) is 6.20 Å². The molecule has 2 heterocycles. The van der Waals surface area contributed by atoms with Gasteiger partial charge in [0.05, 0.1) is 0 Å². The molecule has 0 aliphatic heterocycles. The van der Waals surface area contributed by atoms with E-state index in [9.17, 15) is 4.39 Å². The highest BCUT2D eigenvalue weighted by Gasteiger charge is 2.14. The van der Waals surface area contributed by atoms with Gasteiger partial charge in [-0.15, -0.1) is 0 Å². The molecule has 0 bridgehead atoms. The minimum Gasteiger partial charge on any atom is -0.262 e. The van der Waals surface area contributed by atoms with Gasteiger partial charge >= 0.3 is 0 Å². The predicted octanol–water partition coefficient (Wildman–Crippen LogP) is 1.79. The van der Waals surface area contributed by atoms with Crippen molar-refractivity contribution < 1.29 is 4.39 Å². The van der Waals surface area contributed by atoms with E-state index in [1.807, 2.05) is 6.92 Å². The third-order valence-corrected chi connectivity index (χ3v) is 2.25. The maximum absolute atomic E-state index is 13.5. The van der Waals surface area contributed by atoms with E-state index in [4.69, 9.17) is 0 Å². The fourth-order valence-corrected chi connectivity index (χ4v) is 1.62. The highest BCUT2D eigenvalue weighted by atomic mass is 19.1. The van der Waals surface area contributed by atoms with Gasteiger partial charge in [0, 0.05) is 18.6 Å². The van der Waals surface area contributed by atoms with Crippen LogP contribution in [0.3, 0.4) is 0 Å². The summed E-state index contributed by atoms with van der Waals surface area (Å²) in [5.74, 6) is 5.13. The lowest BCUT2D eigenvalue weighted by molar-refractivity contribution is 0.584. The van der Waals surface area contributed by atoms with Gasteiger partial charge in [0.2, 0.25) is 5.95 Å². The van der Waals surface area contributed by atoms with Crippen LogP contribution in [0.2, 0.25) is 0 Å². The van der Waals surface area contributed by atoms with Crippen molar-refractivity contribution in [2.45, 2.75) is 13.8 Å². The minimum atomic E-state index is -0.505. The summed E-state index contributed by atoms with van der Waals surface area (Å²) >= 11 is 0. The predicted molar refractivity (Wildman–Crippen MR) is 55.8 cm³/mol. The molecule has 0 unspecified atom stereocenters. The standard InChI is InChI=1S/C11H10FN3/c1-4-5-8-9-7(2)6-13-11(12)10(9)15(3)14-8/h6H,1-3H3. The van der Waals surface area contributed by atoms with Crippen LogP contribution < -0.4 is 0 Å². The number of fused-ring (bicyclic) bond motifs is 1. The molecule has 0 atom stereocenters. The SMILES string of the molecule is CC#Cc1nn(C)c2c(F)ncc(C)c12. The number of pyridine rings is 1. The number of halogens is 1. The molecular weight excluding hydrogens is 193 g/mol. The summed E-state index contributed by atoms with van der Waals surface area (Å²) in [7, 11) is 1.69. The quantitative estimate of drug-likeness (QED) is 0.482. The van der Waals surface area contributed by atoms with Crippen molar-refractivity contribution in [3.63, 3.8) is 0 Å². The Morgan fingerprint density at radius 1 is 1.47 bits per heavy atom. The summed E-state index contributed by atoms with van der Waals surface area (Å²) in [6.07, 6.45) is 1.50. The molecule has 0 N–H and O–H groups in total. The van der Waals surface area contributed by atoms with Crippen molar-refractivity contribution in [2.75, 3.05) is 0 Å². The van der Waals surface area contributed by atoms with Crippen LogP contribution in [0, 0.1) is 24.7 Å². The van der Waals surface area contributed by atoms with Gasteiger partial charge in [0.25, 0.3) is 0 Å². The summed E-state index contributed by atoms with van der Waals surface area (Å²) in [6, 6.07) is 0. The summed E-state index contributed by atoms with van der Waals surface area (Å²) < 4.78 is 14.9. The molecular formula is C11H10FN3. The second-order valence-corrected chi connectivity index (χ2v) is 3.30. The topological polar surface area (TPSA) is 30.7 Å². The Morgan fingerprint density at radius 3 is 2.87 bits per heavy atom. The van der Waals surface area contributed by atoms with Gasteiger partial charge in [-0.1, -0.05) is 5.92 Å². The summed E-state index contributed by atoms with van der Waals surface area (Å²) in [5.41, 5.74) is 1.90. The largest absolute Gasteiger partial charge is 0.262 e. The zero-order chi connectivity index (χ0) is 11.0. The van der Waals surface area contributed by atoms with E-state index in [0.717, 1.165) is 10.9 Å². The Labute approximate surface area is 86.9 Å². The molecule has 4 heteroatoms. The molecule has 0 aliphatic carbocycles. The Bertz CT molecular complexity index is 587. The second-order valence-electron chi connectivity index (χ2n) is 3.30. The number of aryl methyl sites for hydroxylation is 2. The van der Waals surface area contributed by atoms with Gasteiger partial charge in [0.15, 0.2) is 0 Å². The van der Waals surface area contributed by atoms with Crippen LogP contribution in [0.25, 0.3) is 10.9 Å². The van der Waals surface area contributed by atoms with E-state index in [1.165, 1.54) is 10.9 Å². The van der Waals surface area contributed by atoms with Crippen LogP contribution in [0.5, 0.6) is 0 Å². The van der Waals surface area contributed by atoms with Crippen molar-refractivity contribution >= 4 is 10.9 Å². The van der Waals surface area contributed by atoms with Crippen LogP contribution >= 0.6 is 0 Å². The number of nitrogens with zero attached hydrogens (tertiary/aromatic N) is 3. The molecule has 0 amide bonds. The van der Waals surface area contributed by atoms with Gasteiger partial charge in [-0.2, -0.15) is 9.49 Å². The third kappa shape index (κ3) is 1.37. The van der Waals surface area contributed by atoms with Gasteiger partial charge < -0.3 is 0 Å². The van der Waals surface area contributed by atoms with Gasteiger partial charge in [-0.3, -0.25) is 4.68 Å². The lowest BCUT2D eigenvalue weighted by atomic mass is 10.1. The Balaban J connectivity index is 2.96. The molecule has 0 aromatic carbocycles. The van der Waals surface area contributed by atoms with Crippen molar-refractivity contribution in [2.24, 2.45) is 7.05 Å². The van der Waals surface area contributed by atoms with E-state index in [-0.39, 0.29) is 0 Å². The molecule has 0 saturated heterocycles. The monoisotopic (exact) mass is 203 g/mol. The van der Waals surface area contributed by atoms with Crippen molar-refractivity contribution in [1.82, 2.24) is 14.8 Å². The number of hydrogen-bond donors (Lipinski definition) is 0. The average Bonchev–Trinajstić information content (AvgIpc) is 2.51. The molecule has 0 fully saturated rings. The zero-order valence-corrected chi connectivity index (χ0v) is 8.80. The highest BCUT2D eigenvalue weighted by Crippen LogP contribution is 2.22. The summed E-state index contributed by atoms with van der Waals surface area (Å²) in [6.45, 7) is 3.60. The molecule has 76 valence electrons. The Morgan fingerprint density at radius 2 is 2.20 bits per heavy atom. The lowest BCUT2D eigenvalue weighted by Crippen LogP contribution is -1.94. The lowest BCUT2D eigenvalue weighted by Gasteiger charge is -1.97. The first-order chi connectivity index (χ1) is 7.15. The maximum atomic E-state index is 13.5. The first-order valence-electron chi connectivity index (χ1n) is 4.55. The smallest absolute Gasteiger partial charge is 0.239 e. The molecule has 0 radical (unpaired) electrons. The summed E-state index contributed by atoms with van der Waals surface area (Å²) in [5, 5.41) is 4.91. The third-order valence-electron chi connectivity index (χ3n) is 2.25. The zero-order valence-electron chi connectivity index (χ0n) is 8.80. The average molecular weight is 203 g/mol. The minimum absolute atomic E-state index is 0.410. The van der Waals surface area contributed by atoms with Crippen molar-refractivity contribution in [3.8, 4) is 11.8 Å². The van der Waals surface area contributed by atoms with Gasteiger partial charge in [0.1, 0.15) is 11.2 Å². The molecule has 2 rings (SSSR count). The van der Waals surface area contributed by atoms with Crippen LogP contribution in [0.4, 0.5) is 4.39 Å². The fraction of sp³-hybridized carbons (Fsp3) is 0.273. The van der Waals surface area contributed by atoms with Gasteiger partial charge in [-0.25, -0.2) is 4.98 Å². The first kappa shape index (κ1) is 9.66. The number of rotatable bonds is 0. The normalized spacial score (nSPS) is 10.1. The van der Waals surface area contributed by atoms with E-state index in [2.05, 4.69) is 21.9 Å². The van der Waals surface area contributed by atoms with Crippen molar-refractivity contribution in [1.29, 1.82) is 0 Å². The molecule has 2 aromatic rings. The number of hydrogen-bond acceptors (Lipinski definition) is 2. The molecule has 0 spiro atoms. The molecule has 2 aromatic heterocycles. The van der Waals surface area contributed by atoms with Crippen LogP contribution in [-0.4, -0.2) is 14.8 Å². The molecule has 3 nitrogen and oxygen atoms in total. The Kier molecular flexibility index (Phi) is 2.16. The first-order valence-corrected chi connectivity index (χ1v) is 4.55. The fourth-order valence-electron chi connectivity index (χ4n) is 1.62. The summed E-state index contributed by atoms with van der Waals surface area (Å²) in [4.78, 5) is 3.67. The van der Waals surface area contributed by atoms with Crippen molar-refractivity contribution in [3.05, 3.63) is 23.4 Å². The second kappa shape index (κ2) is 3.35. The van der Waals surface area contributed by atoms with Gasteiger partial charge in [-0.05, 0) is 25.3 Å².